The fraction of sp³-hybridized carbons (Fsp3) is 0.385. The Morgan fingerprint density at radius 1 is 1.39 bits per heavy atom. The fourth-order valence-corrected chi connectivity index (χ4v) is 1.55. The van der Waals surface area contributed by atoms with Crippen LogP contribution in [0.25, 0.3) is 0 Å². The van der Waals surface area contributed by atoms with E-state index in [9.17, 15) is 9.59 Å². The average Bonchev–Trinajstić information content (AvgIpc) is 2.37. The molecule has 0 heterocycles. The van der Waals surface area contributed by atoms with Gasteiger partial charge < -0.3 is 15.2 Å². The first-order chi connectivity index (χ1) is 8.58. The van der Waals surface area contributed by atoms with Gasteiger partial charge >= 0.3 is 5.97 Å². The molecule has 1 unspecified atom stereocenters. The predicted octanol–water partition coefficient (Wildman–Crippen LogP) is 0.188. The second kappa shape index (κ2) is 6.76. The Kier molecular flexibility index (Phi) is 5.32. The summed E-state index contributed by atoms with van der Waals surface area (Å²) in [5.41, 5.74) is 1.89. The highest BCUT2D eigenvalue weighted by molar-refractivity contribution is 5.85. The Labute approximate surface area is 106 Å². The summed E-state index contributed by atoms with van der Waals surface area (Å²) in [4.78, 5) is 22.9. The van der Waals surface area contributed by atoms with Gasteiger partial charge in [0.2, 0.25) is 5.91 Å². The van der Waals surface area contributed by atoms with Crippen LogP contribution in [-0.4, -0.2) is 36.7 Å². The van der Waals surface area contributed by atoms with Gasteiger partial charge in [-0.1, -0.05) is 24.3 Å². The van der Waals surface area contributed by atoms with Gasteiger partial charge in [0, 0.05) is 0 Å². The highest BCUT2D eigenvalue weighted by Crippen LogP contribution is 2.07. The van der Waals surface area contributed by atoms with E-state index in [2.05, 4.69) is 10.1 Å². The van der Waals surface area contributed by atoms with Crippen LogP contribution in [-0.2, 0) is 20.7 Å². The maximum absolute atomic E-state index is 11.7. The van der Waals surface area contributed by atoms with Gasteiger partial charge in [-0.15, -0.1) is 0 Å². The third-order valence-corrected chi connectivity index (χ3v) is 2.62. The molecule has 0 aromatic heterocycles. The lowest BCUT2D eigenvalue weighted by atomic mass is 10.1. The Morgan fingerprint density at radius 3 is 2.61 bits per heavy atom. The lowest BCUT2D eigenvalue weighted by Gasteiger charge is -2.14. The van der Waals surface area contributed by atoms with Crippen molar-refractivity contribution in [1.29, 1.82) is 0 Å². The van der Waals surface area contributed by atoms with Crippen LogP contribution in [0.1, 0.15) is 11.1 Å². The Hall–Kier alpha value is -1.88. The van der Waals surface area contributed by atoms with Crippen molar-refractivity contribution in [3.63, 3.8) is 0 Å². The second-order valence-electron chi connectivity index (χ2n) is 3.93. The summed E-state index contributed by atoms with van der Waals surface area (Å²) in [5, 5.41) is 11.4. The van der Waals surface area contributed by atoms with Crippen LogP contribution in [0.15, 0.2) is 24.3 Å². The number of ether oxygens (including phenoxy) is 1. The Morgan fingerprint density at radius 2 is 2.06 bits per heavy atom. The first-order valence-corrected chi connectivity index (χ1v) is 5.61. The van der Waals surface area contributed by atoms with Crippen LogP contribution >= 0.6 is 0 Å². The number of benzene rings is 1. The molecule has 0 saturated carbocycles. The molecule has 0 spiro atoms. The Bertz CT molecular complexity index is 431. The molecule has 0 bridgehead atoms. The standard InChI is InChI=1S/C13H17NO4/c1-9-5-3-4-6-10(9)7-12(16)14-11(8-15)13(17)18-2/h3-6,11,15H,7-8H2,1-2H3,(H,14,16). The van der Waals surface area contributed by atoms with Crippen molar-refractivity contribution >= 4 is 11.9 Å². The molecule has 2 N–H and O–H groups in total. The monoisotopic (exact) mass is 251 g/mol. The summed E-state index contributed by atoms with van der Waals surface area (Å²) in [6, 6.07) is 6.49. The number of amides is 1. The van der Waals surface area contributed by atoms with Crippen molar-refractivity contribution in [1.82, 2.24) is 5.32 Å². The molecular formula is C13H17NO4. The first-order valence-electron chi connectivity index (χ1n) is 5.61. The number of hydrogen-bond donors (Lipinski definition) is 2. The van der Waals surface area contributed by atoms with E-state index in [1.54, 1.807) is 0 Å². The SMILES string of the molecule is COC(=O)C(CO)NC(=O)Cc1ccccc1C. The summed E-state index contributed by atoms with van der Waals surface area (Å²) >= 11 is 0. The number of carbonyl (C=O) groups excluding carboxylic acids is 2. The van der Waals surface area contributed by atoms with E-state index in [4.69, 9.17) is 5.11 Å². The van der Waals surface area contributed by atoms with Crippen molar-refractivity contribution in [3.8, 4) is 0 Å². The lowest BCUT2D eigenvalue weighted by Crippen LogP contribution is -2.44. The average molecular weight is 251 g/mol. The van der Waals surface area contributed by atoms with E-state index in [0.29, 0.717) is 0 Å². The van der Waals surface area contributed by atoms with Crippen LogP contribution in [0, 0.1) is 6.92 Å². The normalized spacial score (nSPS) is 11.7. The van der Waals surface area contributed by atoms with Gasteiger partial charge in [0.05, 0.1) is 20.1 Å². The van der Waals surface area contributed by atoms with Crippen molar-refractivity contribution in [3.05, 3.63) is 35.4 Å². The summed E-state index contributed by atoms with van der Waals surface area (Å²) in [6.45, 7) is 1.43. The highest BCUT2D eigenvalue weighted by atomic mass is 16.5. The van der Waals surface area contributed by atoms with E-state index in [0.717, 1.165) is 11.1 Å². The van der Waals surface area contributed by atoms with E-state index < -0.39 is 18.6 Å². The van der Waals surface area contributed by atoms with Crippen LogP contribution < -0.4 is 5.32 Å². The number of hydrogen-bond acceptors (Lipinski definition) is 4. The van der Waals surface area contributed by atoms with Gasteiger partial charge in [-0.25, -0.2) is 4.79 Å². The lowest BCUT2D eigenvalue weighted by molar-refractivity contribution is -0.146. The van der Waals surface area contributed by atoms with E-state index in [1.807, 2.05) is 31.2 Å². The van der Waals surface area contributed by atoms with Crippen molar-refractivity contribution in [2.45, 2.75) is 19.4 Å². The Balaban J connectivity index is 2.61. The maximum atomic E-state index is 11.7. The molecule has 0 fully saturated rings. The zero-order valence-corrected chi connectivity index (χ0v) is 10.5. The van der Waals surface area contributed by atoms with Crippen LogP contribution in [0.5, 0.6) is 0 Å². The van der Waals surface area contributed by atoms with Crippen LogP contribution in [0.4, 0.5) is 0 Å². The topological polar surface area (TPSA) is 75.6 Å². The molecule has 1 rings (SSSR count). The van der Waals surface area contributed by atoms with Gasteiger partial charge in [0.25, 0.3) is 0 Å². The van der Waals surface area contributed by atoms with E-state index >= 15 is 0 Å². The van der Waals surface area contributed by atoms with E-state index in [-0.39, 0.29) is 12.3 Å². The molecule has 0 saturated heterocycles. The third kappa shape index (κ3) is 3.85. The predicted molar refractivity (Wildman–Crippen MR) is 65.9 cm³/mol. The summed E-state index contributed by atoms with van der Waals surface area (Å²) in [5.74, 6) is -0.982. The minimum atomic E-state index is -1.01. The van der Waals surface area contributed by atoms with Gasteiger partial charge in [-0.05, 0) is 18.1 Å². The van der Waals surface area contributed by atoms with Crippen molar-refractivity contribution < 1.29 is 19.4 Å². The molecule has 0 radical (unpaired) electrons. The highest BCUT2D eigenvalue weighted by Gasteiger charge is 2.20. The number of aryl methyl sites for hydroxylation is 1. The number of rotatable bonds is 5. The summed E-state index contributed by atoms with van der Waals surface area (Å²) in [6.07, 6.45) is 0.167. The smallest absolute Gasteiger partial charge is 0.330 e. The molecule has 5 nitrogen and oxygen atoms in total. The number of carbonyl (C=O) groups is 2. The largest absolute Gasteiger partial charge is 0.467 e. The molecule has 0 aliphatic carbocycles. The van der Waals surface area contributed by atoms with Gasteiger partial charge in [0.1, 0.15) is 0 Å². The van der Waals surface area contributed by atoms with Gasteiger partial charge in [0.15, 0.2) is 6.04 Å². The zero-order chi connectivity index (χ0) is 13.5. The van der Waals surface area contributed by atoms with E-state index in [1.165, 1.54) is 7.11 Å². The van der Waals surface area contributed by atoms with Crippen LogP contribution in [0.3, 0.4) is 0 Å². The fourth-order valence-electron chi connectivity index (χ4n) is 1.55. The molecule has 1 amide bonds. The maximum Gasteiger partial charge on any atom is 0.330 e. The molecular weight excluding hydrogens is 234 g/mol. The molecule has 98 valence electrons. The molecule has 1 aromatic carbocycles. The van der Waals surface area contributed by atoms with Crippen LogP contribution in [0.2, 0.25) is 0 Å². The number of aliphatic hydroxyl groups excluding tert-OH is 1. The zero-order valence-electron chi connectivity index (χ0n) is 10.5. The number of nitrogens with one attached hydrogen (secondary N) is 1. The summed E-state index contributed by atoms with van der Waals surface area (Å²) < 4.78 is 4.46. The minimum Gasteiger partial charge on any atom is -0.467 e. The molecule has 18 heavy (non-hydrogen) atoms. The minimum absolute atomic E-state index is 0.167. The molecule has 0 aliphatic rings. The number of aliphatic hydroxyl groups is 1. The number of methoxy groups -OCH3 is 1. The quantitative estimate of drug-likeness (QED) is 0.732. The van der Waals surface area contributed by atoms with Crippen molar-refractivity contribution in [2.75, 3.05) is 13.7 Å². The van der Waals surface area contributed by atoms with Crippen molar-refractivity contribution in [2.24, 2.45) is 0 Å². The molecule has 0 aliphatic heterocycles. The second-order valence-corrected chi connectivity index (χ2v) is 3.93. The molecule has 1 aromatic rings. The third-order valence-electron chi connectivity index (χ3n) is 2.62. The van der Waals surface area contributed by atoms with Gasteiger partial charge in [-0.2, -0.15) is 0 Å². The number of esters is 1. The molecule has 1 atom stereocenters. The molecule has 5 heteroatoms. The van der Waals surface area contributed by atoms with Gasteiger partial charge in [-0.3, -0.25) is 4.79 Å². The first kappa shape index (κ1) is 14.2. The summed E-state index contributed by atoms with van der Waals surface area (Å²) in [7, 11) is 1.21.